The number of nitrogens with one attached hydrogen (secondary N) is 1. The van der Waals surface area contributed by atoms with Gasteiger partial charge in [0.2, 0.25) is 23.7 Å². The lowest BCUT2D eigenvalue weighted by Gasteiger charge is -2.42. The van der Waals surface area contributed by atoms with Crippen LogP contribution in [-0.4, -0.2) is 75.4 Å². The van der Waals surface area contributed by atoms with Crippen molar-refractivity contribution in [2.75, 3.05) is 22.9 Å². The van der Waals surface area contributed by atoms with Crippen molar-refractivity contribution in [2.24, 2.45) is 0 Å². The Morgan fingerprint density at radius 2 is 1.75 bits per heavy atom. The second-order valence-corrected chi connectivity index (χ2v) is 13.8. The maximum absolute atomic E-state index is 15.1. The summed E-state index contributed by atoms with van der Waals surface area (Å²) in [6, 6.07) is 6.70. The molecule has 2 fully saturated rings. The van der Waals surface area contributed by atoms with Gasteiger partial charge in [-0.1, -0.05) is 29.8 Å². The molecule has 52 heavy (non-hydrogen) atoms. The summed E-state index contributed by atoms with van der Waals surface area (Å²) in [4.78, 5) is 67.3. The lowest BCUT2D eigenvalue weighted by Crippen LogP contribution is -2.65. The molecule has 1 saturated carbocycles. The van der Waals surface area contributed by atoms with Gasteiger partial charge in [-0.3, -0.25) is 29.1 Å². The number of hydrogen-bond donors (Lipinski definition) is 1. The minimum atomic E-state index is -2.92. The number of nitrogens with zero attached hydrogens (tertiary/aromatic N) is 6. The molecule has 2 aromatic carbocycles. The molecule has 0 radical (unpaired) electrons. The SMILES string of the molecule is CC(C)(C)OC(=O)N1CC(=O)N(c2nccc(C#N)n2)C(C(=O)N(c2cc(F)cc(F)c2)C(C(=O)NC2CCC(F)(F)CC2)c2ccccc2Cl)C1. The highest BCUT2D eigenvalue weighted by Gasteiger charge is 2.47. The summed E-state index contributed by atoms with van der Waals surface area (Å²) in [5, 5.41) is 12.2. The van der Waals surface area contributed by atoms with Crippen LogP contribution in [0.5, 0.6) is 0 Å². The van der Waals surface area contributed by atoms with Crippen molar-refractivity contribution >= 4 is 47.1 Å². The van der Waals surface area contributed by atoms with E-state index in [4.69, 9.17) is 16.3 Å². The number of anilines is 2. The Morgan fingerprint density at radius 3 is 2.37 bits per heavy atom. The van der Waals surface area contributed by atoms with Gasteiger partial charge >= 0.3 is 6.09 Å². The maximum Gasteiger partial charge on any atom is 0.410 e. The van der Waals surface area contributed by atoms with Gasteiger partial charge < -0.3 is 10.1 Å². The number of alkyl halides is 2. The third-order valence-electron chi connectivity index (χ3n) is 8.34. The Hall–Kier alpha value is -5.30. The molecule has 1 aliphatic carbocycles. The summed E-state index contributed by atoms with van der Waals surface area (Å²) in [7, 11) is 0. The first-order valence-corrected chi connectivity index (χ1v) is 16.6. The van der Waals surface area contributed by atoms with E-state index in [-0.39, 0.29) is 29.1 Å². The van der Waals surface area contributed by atoms with Crippen molar-refractivity contribution in [3.05, 3.63) is 82.6 Å². The molecule has 2 heterocycles. The van der Waals surface area contributed by atoms with E-state index in [1.807, 2.05) is 6.07 Å². The van der Waals surface area contributed by atoms with E-state index in [9.17, 15) is 37.2 Å². The van der Waals surface area contributed by atoms with Crippen LogP contribution >= 0.6 is 11.6 Å². The van der Waals surface area contributed by atoms with Crippen LogP contribution in [0.25, 0.3) is 0 Å². The van der Waals surface area contributed by atoms with Crippen molar-refractivity contribution in [2.45, 2.75) is 76.1 Å². The summed E-state index contributed by atoms with van der Waals surface area (Å²) < 4.78 is 63.4. The molecule has 2 unspecified atom stereocenters. The number of amides is 4. The number of aromatic nitrogens is 2. The lowest BCUT2D eigenvalue weighted by atomic mass is 9.91. The van der Waals surface area contributed by atoms with E-state index in [2.05, 4.69) is 15.3 Å². The smallest absolute Gasteiger partial charge is 0.410 e. The first-order valence-electron chi connectivity index (χ1n) is 16.2. The molecule has 12 nitrogen and oxygen atoms in total. The summed E-state index contributed by atoms with van der Waals surface area (Å²) in [5.41, 5.74) is -1.68. The quantitative estimate of drug-likeness (QED) is 0.303. The van der Waals surface area contributed by atoms with Crippen LogP contribution in [-0.2, 0) is 19.1 Å². The van der Waals surface area contributed by atoms with E-state index in [0.717, 1.165) is 26.8 Å². The van der Waals surface area contributed by atoms with Crippen molar-refractivity contribution in [1.29, 1.82) is 5.26 Å². The fourth-order valence-electron chi connectivity index (χ4n) is 6.00. The topological polar surface area (TPSA) is 149 Å². The van der Waals surface area contributed by atoms with Crippen LogP contribution in [0.3, 0.4) is 0 Å². The van der Waals surface area contributed by atoms with Crippen molar-refractivity contribution in [1.82, 2.24) is 20.2 Å². The van der Waals surface area contributed by atoms with Crippen LogP contribution in [0.4, 0.5) is 34.0 Å². The molecule has 1 saturated heterocycles. The highest BCUT2D eigenvalue weighted by molar-refractivity contribution is 6.31. The molecular formula is C35H34ClF4N7O5. The third-order valence-corrected chi connectivity index (χ3v) is 8.69. The van der Waals surface area contributed by atoms with E-state index >= 15 is 4.79 Å². The number of carbonyl (C=O) groups is 4. The van der Waals surface area contributed by atoms with Crippen LogP contribution in [0, 0.1) is 23.0 Å². The number of benzene rings is 2. The molecular weight excluding hydrogens is 710 g/mol. The number of nitriles is 1. The van der Waals surface area contributed by atoms with Gasteiger partial charge in [-0.15, -0.1) is 0 Å². The van der Waals surface area contributed by atoms with E-state index in [1.165, 1.54) is 36.5 Å². The van der Waals surface area contributed by atoms with Gasteiger partial charge in [0.1, 0.15) is 47.6 Å². The third kappa shape index (κ3) is 8.76. The van der Waals surface area contributed by atoms with Crippen LogP contribution < -0.4 is 15.1 Å². The number of hydrogen-bond acceptors (Lipinski definition) is 8. The van der Waals surface area contributed by atoms with Crippen LogP contribution in [0.2, 0.25) is 5.02 Å². The molecule has 17 heteroatoms. The average Bonchev–Trinajstić information content (AvgIpc) is 3.06. The van der Waals surface area contributed by atoms with E-state index < -0.39 is 103 Å². The highest BCUT2D eigenvalue weighted by atomic mass is 35.5. The number of halogens is 5. The first kappa shape index (κ1) is 37.9. The number of carbonyl (C=O) groups excluding carboxylic acids is 4. The van der Waals surface area contributed by atoms with Crippen molar-refractivity contribution in [3.8, 4) is 6.07 Å². The van der Waals surface area contributed by atoms with Gasteiger partial charge in [-0.25, -0.2) is 32.3 Å². The molecule has 1 aromatic heterocycles. The Kier molecular flexibility index (Phi) is 11.0. The summed E-state index contributed by atoms with van der Waals surface area (Å²) in [6.45, 7) is 3.57. The minimum absolute atomic E-state index is 0.0127. The molecule has 5 rings (SSSR count). The van der Waals surface area contributed by atoms with E-state index in [1.54, 1.807) is 20.8 Å². The molecule has 2 aliphatic rings. The van der Waals surface area contributed by atoms with Gasteiger partial charge in [-0.05, 0) is 57.9 Å². The molecule has 0 bridgehead atoms. The fraction of sp³-hybridized carbons (Fsp3) is 0.400. The first-order chi connectivity index (χ1) is 24.5. The molecule has 274 valence electrons. The number of ether oxygens (including phenoxy) is 1. The standard InChI is InChI=1S/C35H34ClF4N7O5/c1-34(2,3)52-33(51)45-18-27(47(28(48)19-45)32-42-13-10-23(17-41)44-32)31(50)46(24-15-20(37)14-21(38)16-24)29(25-6-4-5-7-26(25)36)30(49)43-22-8-11-35(39,40)12-9-22/h4-7,10,13-16,22,27,29H,8-9,11-12,18-19H2,1-3H3,(H,43,49). The van der Waals surface area contributed by atoms with Gasteiger partial charge in [0.15, 0.2) is 0 Å². The van der Waals surface area contributed by atoms with Crippen LogP contribution in [0.1, 0.15) is 63.8 Å². The second kappa shape index (κ2) is 15.1. The monoisotopic (exact) mass is 743 g/mol. The predicted molar refractivity (Wildman–Crippen MR) is 179 cm³/mol. The highest BCUT2D eigenvalue weighted by Crippen LogP contribution is 2.37. The van der Waals surface area contributed by atoms with Gasteiger partial charge in [0, 0.05) is 41.7 Å². The van der Waals surface area contributed by atoms with Crippen molar-refractivity contribution < 1.29 is 41.5 Å². The Morgan fingerprint density at radius 1 is 1.10 bits per heavy atom. The summed E-state index contributed by atoms with van der Waals surface area (Å²) in [6.07, 6.45) is -1.01. The zero-order valence-electron chi connectivity index (χ0n) is 28.3. The number of piperazine rings is 1. The minimum Gasteiger partial charge on any atom is -0.444 e. The normalized spacial score (nSPS) is 18.3. The Balaban J connectivity index is 1.68. The van der Waals surface area contributed by atoms with Crippen molar-refractivity contribution in [3.63, 3.8) is 0 Å². The summed E-state index contributed by atoms with van der Waals surface area (Å²) in [5.74, 6) is -8.55. The van der Waals surface area contributed by atoms with Gasteiger partial charge in [0.05, 0.1) is 12.2 Å². The average molecular weight is 744 g/mol. The molecule has 1 N–H and O–H groups in total. The molecule has 1 aliphatic heterocycles. The molecule has 0 spiro atoms. The van der Waals surface area contributed by atoms with E-state index in [0.29, 0.717) is 6.07 Å². The molecule has 4 amide bonds. The lowest BCUT2D eigenvalue weighted by molar-refractivity contribution is -0.131. The summed E-state index contributed by atoms with van der Waals surface area (Å²) >= 11 is 6.59. The predicted octanol–water partition coefficient (Wildman–Crippen LogP) is 5.70. The molecule has 3 aromatic rings. The number of rotatable bonds is 7. The van der Waals surface area contributed by atoms with Gasteiger partial charge in [-0.2, -0.15) is 5.26 Å². The zero-order valence-corrected chi connectivity index (χ0v) is 29.0. The van der Waals surface area contributed by atoms with Gasteiger partial charge in [0.25, 0.3) is 5.91 Å². The Labute approximate surface area is 301 Å². The second-order valence-electron chi connectivity index (χ2n) is 13.4. The zero-order chi connectivity index (χ0) is 38.0. The maximum atomic E-state index is 15.1. The fourth-order valence-corrected chi connectivity index (χ4v) is 6.24. The molecule has 2 atom stereocenters. The van der Waals surface area contributed by atoms with Crippen LogP contribution in [0.15, 0.2) is 54.7 Å². The Bertz CT molecular complexity index is 1890. The largest absolute Gasteiger partial charge is 0.444 e.